The molecule has 2 amide bonds. The molecule has 0 heterocycles. The Morgan fingerprint density at radius 3 is 2.50 bits per heavy atom. The largest absolute Gasteiger partial charge is 0.507 e. The highest BCUT2D eigenvalue weighted by molar-refractivity contribution is 6.02. The van der Waals surface area contributed by atoms with E-state index in [2.05, 4.69) is 15.8 Å². The van der Waals surface area contributed by atoms with Gasteiger partial charge in [0.15, 0.2) is 0 Å². The van der Waals surface area contributed by atoms with Crippen molar-refractivity contribution >= 4 is 28.8 Å². The number of rotatable bonds is 5. The number of phenols is 1. The lowest BCUT2D eigenvalue weighted by atomic mass is 10.0. The zero-order valence-electron chi connectivity index (χ0n) is 13.8. The number of carbonyl (C=O) groups excluding carboxylic acids is 2. The fraction of sp³-hybridized carbons (Fsp3) is 0.0500. The van der Waals surface area contributed by atoms with Gasteiger partial charge in [-0.15, -0.1) is 0 Å². The first-order chi connectivity index (χ1) is 12.6. The van der Waals surface area contributed by atoms with Crippen molar-refractivity contribution in [1.82, 2.24) is 10.7 Å². The van der Waals surface area contributed by atoms with E-state index in [0.29, 0.717) is 11.1 Å². The molecule has 6 heteroatoms. The van der Waals surface area contributed by atoms with Gasteiger partial charge in [-0.3, -0.25) is 9.59 Å². The van der Waals surface area contributed by atoms with Gasteiger partial charge in [-0.2, -0.15) is 5.10 Å². The number of nitrogens with one attached hydrogen (secondary N) is 2. The van der Waals surface area contributed by atoms with Crippen molar-refractivity contribution in [3.63, 3.8) is 0 Å². The van der Waals surface area contributed by atoms with E-state index in [1.165, 1.54) is 6.21 Å². The highest BCUT2D eigenvalue weighted by Gasteiger charge is 2.07. The van der Waals surface area contributed by atoms with Crippen molar-refractivity contribution in [3.05, 3.63) is 77.9 Å². The quantitative estimate of drug-likeness (QED) is 0.489. The molecule has 0 fully saturated rings. The van der Waals surface area contributed by atoms with Crippen LogP contribution in [-0.4, -0.2) is 29.7 Å². The van der Waals surface area contributed by atoms with E-state index >= 15 is 0 Å². The van der Waals surface area contributed by atoms with Gasteiger partial charge in [0.1, 0.15) is 5.75 Å². The molecule has 130 valence electrons. The molecule has 3 aromatic carbocycles. The molecule has 3 aromatic rings. The van der Waals surface area contributed by atoms with Crippen molar-refractivity contribution in [2.24, 2.45) is 5.10 Å². The minimum absolute atomic E-state index is 0.0686. The molecular formula is C20H17N3O3. The monoisotopic (exact) mass is 347 g/mol. The highest BCUT2D eigenvalue weighted by atomic mass is 16.3. The molecule has 6 nitrogen and oxygen atoms in total. The molecule has 3 N–H and O–H groups in total. The van der Waals surface area contributed by atoms with E-state index in [1.807, 2.05) is 24.3 Å². The number of hydrazone groups is 1. The van der Waals surface area contributed by atoms with Crippen LogP contribution in [0.5, 0.6) is 5.75 Å². The second-order valence-electron chi connectivity index (χ2n) is 5.56. The second-order valence-corrected chi connectivity index (χ2v) is 5.56. The molecular weight excluding hydrogens is 330 g/mol. The summed E-state index contributed by atoms with van der Waals surface area (Å²) in [6.45, 7) is -0.202. The predicted octanol–water partition coefficient (Wildman–Crippen LogP) is 2.43. The number of nitrogens with zero attached hydrogens (tertiary/aromatic N) is 1. The Labute approximate surface area is 150 Å². The van der Waals surface area contributed by atoms with E-state index in [4.69, 9.17) is 0 Å². The summed E-state index contributed by atoms with van der Waals surface area (Å²) < 4.78 is 0. The summed E-state index contributed by atoms with van der Waals surface area (Å²) >= 11 is 0. The van der Waals surface area contributed by atoms with Crippen molar-refractivity contribution in [1.29, 1.82) is 0 Å². The first-order valence-corrected chi connectivity index (χ1v) is 8.01. The van der Waals surface area contributed by atoms with E-state index in [1.54, 1.807) is 42.5 Å². The summed E-state index contributed by atoms with van der Waals surface area (Å²) in [5.41, 5.74) is 3.32. The standard InChI is InChI=1S/C20H17N3O3/c24-18-11-10-14-6-4-5-9-16(14)17(18)12-22-23-19(25)13-21-20(26)15-7-2-1-3-8-15/h1-12,24H,13H2,(H,21,26)(H,23,25)/b22-12-. The van der Waals surface area contributed by atoms with Crippen LogP contribution in [0, 0.1) is 0 Å². The van der Waals surface area contributed by atoms with Crippen LogP contribution in [0.25, 0.3) is 10.8 Å². The number of hydrogen-bond donors (Lipinski definition) is 3. The van der Waals surface area contributed by atoms with E-state index in [-0.39, 0.29) is 18.2 Å². The third kappa shape index (κ3) is 4.05. The molecule has 0 aliphatic rings. The van der Waals surface area contributed by atoms with Crippen LogP contribution in [0.1, 0.15) is 15.9 Å². The van der Waals surface area contributed by atoms with Crippen LogP contribution < -0.4 is 10.7 Å². The van der Waals surface area contributed by atoms with Crippen molar-refractivity contribution < 1.29 is 14.7 Å². The van der Waals surface area contributed by atoms with Crippen LogP contribution >= 0.6 is 0 Å². The molecule has 0 aliphatic carbocycles. The van der Waals surface area contributed by atoms with Crippen molar-refractivity contribution in [2.75, 3.05) is 6.54 Å². The summed E-state index contributed by atoms with van der Waals surface area (Å²) in [4.78, 5) is 23.7. The van der Waals surface area contributed by atoms with Gasteiger partial charge < -0.3 is 10.4 Å². The lowest BCUT2D eigenvalue weighted by Crippen LogP contribution is -2.34. The van der Waals surface area contributed by atoms with Gasteiger partial charge >= 0.3 is 0 Å². The van der Waals surface area contributed by atoms with Crippen LogP contribution in [0.4, 0.5) is 0 Å². The molecule has 0 unspecified atom stereocenters. The first-order valence-electron chi connectivity index (χ1n) is 8.01. The number of phenolic OH excluding ortho intramolecular Hbond substituents is 1. The number of fused-ring (bicyclic) bond motifs is 1. The minimum atomic E-state index is -0.467. The molecule has 0 aliphatic heterocycles. The van der Waals surface area contributed by atoms with Crippen molar-refractivity contribution in [3.8, 4) is 5.75 Å². The smallest absolute Gasteiger partial charge is 0.259 e. The van der Waals surface area contributed by atoms with Crippen molar-refractivity contribution in [2.45, 2.75) is 0 Å². The maximum Gasteiger partial charge on any atom is 0.259 e. The number of carbonyl (C=O) groups is 2. The normalized spacial score (nSPS) is 10.8. The van der Waals surface area contributed by atoms with Gasteiger partial charge in [0, 0.05) is 11.1 Å². The summed E-state index contributed by atoms with van der Waals surface area (Å²) in [6, 6.07) is 19.5. The van der Waals surface area contributed by atoms with Crippen LogP contribution in [0.3, 0.4) is 0 Å². The lowest BCUT2D eigenvalue weighted by molar-refractivity contribution is -0.120. The Balaban J connectivity index is 1.60. The third-order valence-electron chi connectivity index (χ3n) is 3.78. The fourth-order valence-electron chi connectivity index (χ4n) is 2.48. The Bertz CT molecular complexity index is 968. The predicted molar refractivity (Wildman–Crippen MR) is 100 cm³/mol. The molecule has 0 saturated heterocycles. The fourth-order valence-corrected chi connectivity index (χ4v) is 2.48. The zero-order chi connectivity index (χ0) is 18.4. The molecule has 0 spiro atoms. The Hall–Kier alpha value is -3.67. The summed E-state index contributed by atoms with van der Waals surface area (Å²) in [5.74, 6) is -0.735. The number of benzene rings is 3. The first kappa shape index (κ1) is 17.2. The van der Waals surface area contributed by atoms with Gasteiger partial charge in [-0.05, 0) is 29.0 Å². The van der Waals surface area contributed by atoms with E-state index < -0.39 is 5.91 Å². The van der Waals surface area contributed by atoms with Crippen LogP contribution in [0.15, 0.2) is 71.8 Å². The van der Waals surface area contributed by atoms with Gasteiger partial charge in [0.05, 0.1) is 12.8 Å². The number of hydrogen-bond acceptors (Lipinski definition) is 4. The Kier molecular flexibility index (Phi) is 5.24. The number of aromatic hydroxyl groups is 1. The van der Waals surface area contributed by atoms with Crippen LogP contribution in [-0.2, 0) is 4.79 Å². The maximum absolute atomic E-state index is 11.9. The summed E-state index contributed by atoms with van der Waals surface area (Å²) in [7, 11) is 0. The summed E-state index contributed by atoms with van der Waals surface area (Å²) in [5, 5.41) is 18.2. The topological polar surface area (TPSA) is 90.8 Å². The number of amides is 2. The molecule has 0 radical (unpaired) electrons. The zero-order valence-corrected chi connectivity index (χ0v) is 13.8. The average Bonchev–Trinajstić information content (AvgIpc) is 2.68. The van der Waals surface area contributed by atoms with E-state index in [9.17, 15) is 14.7 Å². The molecule has 26 heavy (non-hydrogen) atoms. The van der Waals surface area contributed by atoms with Gasteiger partial charge in [-0.1, -0.05) is 48.5 Å². The minimum Gasteiger partial charge on any atom is -0.507 e. The Morgan fingerprint density at radius 2 is 1.69 bits per heavy atom. The average molecular weight is 347 g/mol. The Morgan fingerprint density at radius 1 is 0.962 bits per heavy atom. The molecule has 3 rings (SSSR count). The maximum atomic E-state index is 11.9. The lowest BCUT2D eigenvalue weighted by Gasteiger charge is -2.05. The SMILES string of the molecule is O=C(CNC(=O)c1ccccc1)N/N=C\c1c(O)ccc2ccccc12. The highest BCUT2D eigenvalue weighted by Crippen LogP contribution is 2.25. The molecule has 0 atom stereocenters. The molecule has 0 bridgehead atoms. The van der Waals surface area contributed by atoms with Gasteiger partial charge in [0.25, 0.3) is 11.8 Å². The molecule has 0 aromatic heterocycles. The van der Waals surface area contributed by atoms with Crippen LogP contribution in [0.2, 0.25) is 0 Å². The second kappa shape index (κ2) is 7.94. The van der Waals surface area contributed by atoms with Gasteiger partial charge in [0.2, 0.25) is 0 Å². The third-order valence-corrected chi connectivity index (χ3v) is 3.78. The van der Waals surface area contributed by atoms with E-state index in [0.717, 1.165) is 10.8 Å². The molecule has 0 saturated carbocycles. The summed E-state index contributed by atoms with van der Waals surface area (Å²) in [6.07, 6.45) is 1.38. The van der Waals surface area contributed by atoms with Gasteiger partial charge in [-0.25, -0.2) is 5.43 Å².